The Bertz CT molecular complexity index is 583. The first-order chi connectivity index (χ1) is 9.36. The minimum absolute atomic E-state index is 0.243. The fourth-order valence-electron chi connectivity index (χ4n) is 3.15. The Hall–Kier alpha value is -1.88. The number of nitrogens with zero attached hydrogens (tertiary/aromatic N) is 2. The number of aryl methyl sites for hydroxylation is 1. The summed E-state index contributed by atoms with van der Waals surface area (Å²) in [5.41, 5.74) is 1.22. The maximum atomic E-state index is 12.2. The summed E-state index contributed by atoms with van der Waals surface area (Å²) in [6.07, 6.45) is -0.243. The quantitative estimate of drug-likeness (QED) is 0.783. The maximum Gasteiger partial charge on any atom is 0.326 e. The van der Waals surface area contributed by atoms with E-state index in [0.717, 1.165) is 10.5 Å². The number of rotatable bonds is 1. The average molecular weight is 274 g/mol. The van der Waals surface area contributed by atoms with E-state index in [4.69, 9.17) is 4.74 Å². The lowest BCUT2D eigenvalue weighted by molar-refractivity contribution is -0.255. The molecule has 0 aromatic heterocycles. The van der Waals surface area contributed by atoms with Crippen molar-refractivity contribution in [2.24, 2.45) is 0 Å². The number of imide groups is 1. The fourth-order valence-corrected chi connectivity index (χ4v) is 3.15. The molecule has 3 amide bonds. The molecule has 2 heterocycles. The number of hydrogen-bond donors (Lipinski definition) is 0. The number of carbonyl (C=O) groups is 2. The van der Waals surface area contributed by atoms with Crippen LogP contribution in [0, 0.1) is 6.92 Å². The summed E-state index contributed by atoms with van der Waals surface area (Å²) in [5, 5.41) is 0. The van der Waals surface area contributed by atoms with E-state index in [1.165, 1.54) is 12.6 Å². The largest absolute Gasteiger partial charge is 0.353 e. The summed E-state index contributed by atoms with van der Waals surface area (Å²) < 4.78 is 5.87. The summed E-state index contributed by atoms with van der Waals surface area (Å²) in [7, 11) is 3.21. The van der Waals surface area contributed by atoms with Gasteiger partial charge in [-0.15, -0.1) is 0 Å². The molecule has 2 aliphatic rings. The van der Waals surface area contributed by atoms with Crippen molar-refractivity contribution < 1.29 is 14.3 Å². The number of fused-ring (bicyclic) bond motifs is 1. The van der Waals surface area contributed by atoms with Crippen LogP contribution in [-0.2, 0) is 9.53 Å². The number of amides is 3. The molecule has 1 aromatic carbocycles. The second-order valence-corrected chi connectivity index (χ2v) is 5.76. The van der Waals surface area contributed by atoms with Crippen LogP contribution in [0.5, 0.6) is 0 Å². The van der Waals surface area contributed by atoms with Gasteiger partial charge in [0.15, 0.2) is 5.60 Å². The van der Waals surface area contributed by atoms with Crippen molar-refractivity contribution in [3.63, 3.8) is 0 Å². The molecule has 2 fully saturated rings. The average Bonchev–Trinajstić information content (AvgIpc) is 2.41. The van der Waals surface area contributed by atoms with Crippen LogP contribution in [0.15, 0.2) is 24.3 Å². The van der Waals surface area contributed by atoms with Crippen LogP contribution in [0.4, 0.5) is 4.79 Å². The molecule has 0 bridgehead atoms. The molecule has 5 heteroatoms. The van der Waals surface area contributed by atoms with Gasteiger partial charge in [0.1, 0.15) is 12.1 Å². The Balaban J connectivity index is 1.95. The normalized spacial score (nSPS) is 33.0. The Morgan fingerprint density at radius 2 is 1.75 bits per heavy atom. The molecular weight excluding hydrogens is 256 g/mol. The first-order valence-electron chi connectivity index (χ1n) is 6.65. The molecule has 0 N–H and O–H groups in total. The van der Waals surface area contributed by atoms with Crippen molar-refractivity contribution in [3.05, 3.63) is 35.4 Å². The molecule has 0 aliphatic carbocycles. The molecule has 1 aromatic rings. The van der Waals surface area contributed by atoms with Crippen molar-refractivity contribution in [1.29, 1.82) is 0 Å². The van der Waals surface area contributed by atoms with Crippen molar-refractivity contribution in [2.75, 3.05) is 14.1 Å². The van der Waals surface area contributed by atoms with Crippen LogP contribution in [0.25, 0.3) is 0 Å². The zero-order chi connectivity index (χ0) is 14.7. The van der Waals surface area contributed by atoms with Crippen molar-refractivity contribution in [2.45, 2.75) is 31.6 Å². The summed E-state index contributed by atoms with van der Waals surface area (Å²) >= 11 is 0. The molecule has 0 saturated carbocycles. The van der Waals surface area contributed by atoms with Gasteiger partial charge in [-0.3, -0.25) is 9.69 Å². The minimum Gasteiger partial charge on any atom is -0.353 e. The number of hydrogen-bond acceptors (Lipinski definition) is 3. The van der Waals surface area contributed by atoms with Crippen LogP contribution >= 0.6 is 0 Å². The van der Waals surface area contributed by atoms with E-state index in [1.54, 1.807) is 18.9 Å². The molecule has 0 spiro atoms. The SMILES string of the molecule is Cc1ccc([C@H]2O[C@@]3(C)C(=O)N(C)C(=O)N(C)[C@@H]23)cc1. The topological polar surface area (TPSA) is 49.9 Å². The number of carbonyl (C=O) groups excluding carboxylic acids is 2. The van der Waals surface area contributed by atoms with Gasteiger partial charge >= 0.3 is 6.03 Å². The molecular formula is C15H18N2O3. The van der Waals surface area contributed by atoms with Crippen molar-refractivity contribution in [1.82, 2.24) is 9.80 Å². The highest BCUT2D eigenvalue weighted by molar-refractivity contribution is 6.02. The number of ether oxygens (including phenoxy) is 1. The molecule has 0 radical (unpaired) electrons. The van der Waals surface area contributed by atoms with E-state index in [-0.39, 0.29) is 24.1 Å². The van der Waals surface area contributed by atoms with E-state index in [1.807, 2.05) is 31.2 Å². The number of benzene rings is 1. The van der Waals surface area contributed by atoms with Crippen molar-refractivity contribution >= 4 is 11.9 Å². The zero-order valence-electron chi connectivity index (χ0n) is 12.1. The Morgan fingerprint density at radius 3 is 2.35 bits per heavy atom. The monoisotopic (exact) mass is 274 g/mol. The fraction of sp³-hybridized carbons (Fsp3) is 0.467. The van der Waals surface area contributed by atoms with Crippen LogP contribution in [0.2, 0.25) is 0 Å². The summed E-state index contributed by atoms with van der Waals surface area (Å²) in [5.74, 6) is -0.269. The maximum absolute atomic E-state index is 12.2. The molecule has 0 unspecified atom stereocenters. The van der Waals surface area contributed by atoms with E-state index in [9.17, 15) is 9.59 Å². The van der Waals surface area contributed by atoms with Gasteiger partial charge in [-0.25, -0.2) is 4.79 Å². The van der Waals surface area contributed by atoms with E-state index < -0.39 is 5.60 Å². The van der Waals surface area contributed by atoms with Crippen LogP contribution in [0.3, 0.4) is 0 Å². The first kappa shape index (κ1) is 13.1. The molecule has 106 valence electrons. The molecule has 5 nitrogen and oxygen atoms in total. The van der Waals surface area contributed by atoms with Gasteiger partial charge in [-0.2, -0.15) is 0 Å². The molecule has 2 aliphatic heterocycles. The van der Waals surface area contributed by atoms with Gasteiger partial charge in [-0.05, 0) is 19.4 Å². The van der Waals surface area contributed by atoms with Crippen LogP contribution in [-0.4, -0.2) is 47.5 Å². The lowest BCUT2D eigenvalue weighted by atomic mass is 9.78. The highest BCUT2D eigenvalue weighted by Gasteiger charge is 2.65. The van der Waals surface area contributed by atoms with Gasteiger partial charge in [0, 0.05) is 14.1 Å². The molecule has 3 atom stereocenters. The summed E-state index contributed by atoms with van der Waals surface area (Å²) in [6, 6.07) is 7.46. The Morgan fingerprint density at radius 1 is 1.15 bits per heavy atom. The third kappa shape index (κ3) is 1.53. The standard InChI is InChI=1S/C15H18N2O3/c1-9-5-7-10(8-6-9)11-12-15(2,20-11)13(18)17(4)14(19)16(12)3/h5-8,11-12H,1-4H3/t11-,12+,15-/m1/s1. The third-order valence-corrected chi connectivity index (χ3v) is 4.36. The highest BCUT2D eigenvalue weighted by Crippen LogP contribution is 2.49. The van der Waals surface area contributed by atoms with E-state index in [0.29, 0.717) is 0 Å². The molecule has 20 heavy (non-hydrogen) atoms. The van der Waals surface area contributed by atoms with Gasteiger partial charge in [-0.1, -0.05) is 29.8 Å². The minimum atomic E-state index is -0.938. The van der Waals surface area contributed by atoms with Gasteiger partial charge in [0.2, 0.25) is 0 Å². The van der Waals surface area contributed by atoms with Crippen LogP contribution < -0.4 is 0 Å². The second kappa shape index (κ2) is 4.06. The Labute approximate surface area is 118 Å². The summed E-state index contributed by atoms with van der Waals surface area (Å²) in [6.45, 7) is 3.77. The van der Waals surface area contributed by atoms with E-state index in [2.05, 4.69) is 0 Å². The van der Waals surface area contributed by atoms with Crippen molar-refractivity contribution in [3.8, 4) is 0 Å². The van der Waals surface area contributed by atoms with Gasteiger partial charge in [0.05, 0.1) is 0 Å². The summed E-state index contributed by atoms with van der Waals surface area (Å²) in [4.78, 5) is 27.1. The zero-order valence-corrected chi connectivity index (χ0v) is 12.1. The lowest BCUT2D eigenvalue weighted by Gasteiger charge is -2.58. The third-order valence-electron chi connectivity index (χ3n) is 4.36. The predicted octanol–water partition coefficient (Wildman–Crippen LogP) is 1.72. The van der Waals surface area contributed by atoms with Gasteiger partial charge < -0.3 is 9.64 Å². The molecule has 3 rings (SSSR count). The van der Waals surface area contributed by atoms with Gasteiger partial charge in [0.25, 0.3) is 5.91 Å². The smallest absolute Gasteiger partial charge is 0.326 e. The van der Waals surface area contributed by atoms with E-state index >= 15 is 0 Å². The highest BCUT2D eigenvalue weighted by atomic mass is 16.6. The number of urea groups is 1. The number of likely N-dealkylation sites (N-methyl/N-ethyl adjacent to an activating group) is 2. The first-order valence-corrected chi connectivity index (χ1v) is 6.65. The second-order valence-electron chi connectivity index (χ2n) is 5.76. The Kier molecular flexibility index (Phi) is 2.66. The van der Waals surface area contributed by atoms with Crippen LogP contribution in [0.1, 0.15) is 24.2 Å². The molecule has 2 saturated heterocycles. The predicted molar refractivity (Wildman–Crippen MR) is 73.1 cm³/mol. The lowest BCUT2D eigenvalue weighted by Crippen LogP contribution is -2.76.